The van der Waals surface area contributed by atoms with E-state index in [-0.39, 0.29) is 11.4 Å². The van der Waals surface area contributed by atoms with Gasteiger partial charge in [-0.05, 0) is 31.2 Å². The molecule has 0 bridgehead atoms. The van der Waals surface area contributed by atoms with Crippen LogP contribution in [0, 0.1) is 17.7 Å². The van der Waals surface area contributed by atoms with Gasteiger partial charge in [0.25, 0.3) is 0 Å². The van der Waals surface area contributed by atoms with Gasteiger partial charge in [-0.2, -0.15) is 0 Å². The Labute approximate surface area is 131 Å². The van der Waals surface area contributed by atoms with Gasteiger partial charge in [0.05, 0.1) is 17.5 Å². The topological polar surface area (TPSA) is 86.2 Å². The van der Waals surface area contributed by atoms with Gasteiger partial charge in [-0.25, -0.2) is 14.4 Å². The monoisotopic (exact) mass is 309 g/mol. The summed E-state index contributed by atoms with van der Waals surface area (Å²) >= 11 is 0. The lowest BCUT2D eigenvalue weighted by Crippen LogP contribution is -2.14. The van der Waals surface area contributed by atoms with Crippen LogP contribution in [0.1, 0.15) is 18.1 Å². The molecule has 7 heteroatoms. The van der Waals surface area contributed by atoms with Crippen molar-refractivity contribution in [3.05, 3.63) is 53.7 Å². The molecule has 6 nitrogen and oxygen atoms in total. The maximum atomic E-state index is 13.6. The fourth-order valence-electron chi connectivity index (χ4n) is 2.16. The number of rotatable bonds is 2. The standard InChI is InChI=1S/C16H12FN5O/c1-2-3-10-8-11(4-5-13(10)17)21-15(22-23)12-6-7-18-16-14(12)19-9-20-16/h4-9,23H,1H3,(H,21,22)(H,18,19,20). The zero-order valence-corrected chi connectivity index (χ0v) is 12.1. The van der Waals surface area contributed by atoms with E-state index in [0.29, 0.717) is 22.4 Å². The summed E-state index contributed by atoms with van der Waals surface area (Å²) < 4.78 is 13.6. The van der Waals surface area contributed by atoms with Gasteiger partial charge in [-0.3, -0.25) is 0 Å². The number of halogens is 1. The Bertz CT molecular complexity index is 952. The van der Waals surface area contributed by atoms with Crippen LogP contribution in [0.25, 0.3) is 11.2 Å². The number of pyridine rings is 1. The molecule has 3 N–H and O–H groups in total. The molecule has 2 heterocycles. The van der Waals surface area contributed by atoms with Crippen LogP contribution in [-0.4, -0.2) is 26.0 Å². The normalized spacial score (nSPS) is 11.1. The smallest absolute Gasteiger partial charge is 0.179 e. The van der Waals surface area contributed by atoms with Crippen molar-refractivity contribution in [2.24, 2.45) is 5.16 Å². The molecule has 0 radical (unpaired) electrons. The highest BCUT2D eigenvalue weighted by molar-refractivity contribution is 6.13. The SMILES string of the molecule is CC#Cc1cc(N/C(=N/O)c2ccnc3[nH]cnc23)ccc1F. The van der Waals surface area contributed by atoms with Gasteiger partial charge < -0.3 is 15.5 Å². The average Bonchev–Trinajstić information content (AvgIpc) is 3.04. The van der Waals surface area contributed by atoms with E-state index in [1.807, 2.05) is 0 Å². The zero-order chi connectivity index (χ0) is 16.2. The van der Waals surface area contributed by atoms with Gasteiger partial charge in [-0.1, -0.05) is 11.1 Å². The molecule has 0 saturated carbocycles. The van der Waals surface area contributed by atoms with Crippen LogP contribution in [-0.2, 0) is 0 Å². The Morgan fingerprint density at radius 2 is 2.22 bits per heavy atom. The quantitative estimate of drug-likeness (QED) is 0.223. The van der Waals surface area contributed by atoms with Gasteiger partial charge >= 0.3 is 0 Å². The number of anilines is 1. The summed E-state index contributed by atoms with van der Waals surface area (Å²) in [5, 5.41) is 15.5. The Hall–Kier alpha value is -3.40. The molecule has 0 unspecified atom stereocenters. The summed E-state index contributed by atoms with van der Waals surface area (Å²) in [6, 6.07) is 6.04. The van der Waals surface area contributed by atoms with Gasteiger partial charge in [0, 0.05) is 11.9 Å². The molecule has 1 aromatic carbocycles. The second-order valence-corrected chi connectivity index (χ2v) is 4.60. The van der Waals surface area contributed by atoms with E-state index in [1.54, 1.807) is 25.3 Å². The van der Waals surface area contributed by atoms with Crippen molar-refractivity contribution in [1.29, 1.82) is 0 Å². The van der Waals surface area contributed by atoms with E-state index in [2.05, 4.69) is 37.3 Å². The second-order valence-electron chi connectivity index (χ2n) is 4.60. The number of aromatic amines is 1. The van der Waals surface area contributed by atoms with Crippen LogP contribution >= 0.6 is 0 Å². The largest absolute Gasteiger partial charge is 0.409 e. The molecule has 0 fully saturated rings. The van der Waals surface area contributed by atoms with Crippen LogP contribution in [0.2, 0.25) is 0 Å². The Morgan fingerprint density at radius 1 is 1.35 bits per heavy atom. The third-order valence-electron chi connectivity index (χ3n) is 3.16. The van der Waals surface area contributed by atoms with E-state index in [9.17, 15) is 9.60 Å². The molecule has 0 aliphatic carbocycles. The first kappa shape index (κ1) is 14.5. The van der Waals surface area contributed by atoms with E-state index in [1.165, 1.54) is 18.5 Å². The molecular formula is C16H12FN5O. The molecule has 0 aliphatic rings. The number of hydrogen-bond acceptors (Lipinski definition) is 4. The first-order chi connectivity index (χ1) is 11.2. The first-order valence-electron chi connectivity index (χ1n) is 6.72. The van der Waals surface area contributed by atoms with Crippen LogP contribution in [0.4, 0.5) is 10.1 Å². The van der Waals surface area contributed by atoms with E-state index in [4.69, 9.17) is 0 Å². The maximum Gasteiger partial charge on any atom is 0.179 e. The van der Waals surface area contributed by atoms with Crippen molar-refractivity contribution in [3.8, 4) is 11.8 Å². The first-order valence-corrected chi connectivity index (χ1v) is 6.72. The number of nitrogens with one attached hydrogen (secondary N) is 2. The van der Waals surface area contributed by atoms with Gasteiger partial charge in [-0.15, -0.1) is 5.92 Å². The van der Waals surface area contributed by atoms with Gasteiger partial charge in [0.15, 0.2) is 11.5 Å². The predicted molar refractivity (Wildman–Crippen MR) is 84.8 cm³/mol. The van der Waals surface area contributed by atoms with Crippen molar-refractivity contribution in [3.63, 3.8) is 0 Å². The fourth-order valence-corrected chi connectivity index (χ4v) is 2.16. The number of aromatic nitrogens is 3. The molecule has 114 valence electrons. The number of benzene rings is 1. The highest BCUT2D eigenvalue weighted by Crippen LogP contribution is 2.18. The van der Waals surface area contributed by atoms with Crippen molar-refractivity contribution in [1.82, 2.24) is 15.0 Å². The highest BCUT2D eigenvalue weighted by atomic mass is 19.1. The zero-order valence-electron chi connectivity index (χ0n) is 12.1. The fraction of sp³-hybridized carbons (Fsp3) is 0.0625. The molecule has 0 spiro atoms. The van der Waals surface area contributed by atoms with E-state index >= 15 is 0 Å². The summed E-state index contributed by atoms with van der Waals surface area (Å²) in [4.78, 5) is 11.2. The van der Waals surface area contributed by atoms with Crippen LogP contribution in [0.15, 0.2) is 41.9 Å². The van der Waals surface area contributed by atoms with Crippen molar-refractivity contribution >= 4 is 22.7 Å². The lowest BCUT2D eigenvalue weighted by atomic mass is 10.1. The molecule has 0 aliphatic heterocycles. The number of hydrogen-bond donors (Lipinski definition) is 3. The van der Waals surface area contributed by atoms with Gasteiger partial charge in [0.1, 0.15) is 11.3 Å². The minimum atomic E-state index is -0.411. The maximum absolute atomic E-state index is 13.6. The third kappa shape index (κ3) is 2.82. The van der Waals surface area contributed by atoms with Crippen LogP contribution in [0.5, 0.6) is 0 Å². The summed E-state index contributed by atoms with van der Waals surface area (Å²) in [5.41, 5.74) is 2.49. The lowest BCUT2D eigenvalue weighted by molar-refractivity contribution is 0.319. The minimum Gasteiger partial charge on any atom is -0.409 e. The predicted octanol–water partition coefficient (Wildman–Crippen LogP) is 2.72. The molecule has 0 amide bonds. The number of fused-ring (bicyclic) bond motifs is 1. The molecule has 2 aromatic heterocycles. The molecule has 23 heavy (non-hydrogen) atoms. The molecule has 0 saturated heterocycles. The van der Waals surface area contributed by atoms with Crippen molar-refractivity contribution in [2.75, 3.05) is 5.32 Å². The Balaban J connectivity index is 1.99. The second kappa shape index (κ2) is 6.15. The van der Waals surface area contributed by atoms with E-state index in [0.717, 1.165) is 0 Å². The third-order valence-corrected chi connectivity index (χ3v) is 3.16. The molecule has 3 aromatic rings. The minimum absolute atomic E-state index is 0.173. The number of imidazole rings is 1. The highest BCUT2D eigenvalue weighted by Gasteiger charge is 2.12. The Morgan fingerprint density at radius 3 is 3.00 bits per heavy atom. The summed E-state index contributed by atoms with van der Waals surface area (Å²) in [7, 11) is 0. The molecule has 3 rings (SSSR count). The lowest BCUT2D eigenvalue weighted by Gasteiger charge is -2.09. The van der Waals surface area contributed by atoms with Crippen LogP contribution < -0.4 is 5.32 Å². The number of H-pyrrole nitrogens is 1. The Kier molecular flexibility index (Phi) is 3.89. The number of nitrogens with zero attached hydrogens (tertiary/aromatic N) is 3. The average molecular weight is 309 g/mol. The van der Waals surface area contributed by atoms with Gasteiger partial charge in [0.2, 0.25) is 0 Å². The molecule has 0 atom stereocenters. The summed E-state index contributed by atoms with van der Waals surface area (Å²) in [6.07, 6.45) is 3.07. The van der Waals surface area contributed by atoms with Crippen molar-refractivity contribution < 1.29 is 9.60 Å². The molecular weight excluding hydrogens is 297 g/mol. The summed E-state index contributed by atoms with van der Waals surface area (Å²) in [5.74, 6) is 5.09. The van der Waals surface area contributed by atoms with E-state index < -0.39 is 5.82 Å². The van der Waals surface area contributed by atoms with Crippen LogP contribution in [0.3, 0.4) is 0 Å². The summed E-state index contributed by atoms with van der Waals surface area (Å²) in [6.45, 7) is 1.63. The van der Waals surface area contributed by atoms with Crippen molar-refractivity contribution in [2.45, 2.75) is 6.92 Å². The number of oxime groups is 1. The number of amidine groups is 1.